The van der Waals surface area contributed by atoms with Crippen LogP contribution in [0.15, 0.2) is 53.4 Å². The monoisotopic (exact) mass is 417 g/mol. The van der Waals surface area contributed by atoms with E-state index in [0.717, 1.165) is 11.8 Å². The molecule has 0 heterocycles. The highest BCUT2D eigenvalue weighted by Crippen LogP contribution is 2.21. The molecule has 0 aromatic heterocycles. The number of anilines is 2. The van der Waals surface area contributed by atoms with Crippen molar-refractivity contribution in [1.29, 1.82) is 0 Å². The molecule has 10 heteroatoms. The highest BCUT2D eigenvalue weighted by molar-refractivity contribution is 8.00. The molecular weight excluding hydrogens is 398 g/mol. The molecule has 0 fully saturated rings. The van der Waals surface area contributed by atoms with E-state index in [2.05, 4.69) is 10.6 Å². The van der Waals surface area contributed by atoms with Gasteiger partial charge in [0.25, 0.3) is 11.6 Å². The first-order valence-corrected chi connectivity index (χ1v) is 9.48. The maximum absolute atomic E-state index is 12.2. The molecule has 0 aliphatic carbocycles. The van der Waals surface area contributed by atoms with Gasteiger partial charge in [0.1, 0.15) is 0 Å². The number of nitrogens with one attached hydrogen (secondary N) is 2. The highest BCUT2D eigenvalue weighted by Gasteiger charge is 2.18. The smallest absolute Gasteiger partial charge is 0.317 e. The van der Waals surface area contributed by atoms with E-state index in [-0.39, 0.29) is 17.3 Å². The van der Waals surface area contributed by atoms with Gasteiger partial charge >= 0.3 is 5.97 Å². The summed E-state index contributed by atoms with van der Waals surface area (Å²) < 4.78 is 5.11. The van der Waals surface area contributed by atoms with Gasteiger partial charge in [-0.15, -0.1) is 11.8 Å². The second-order valence-electron chi connectivity index (χ2n) is 5.92. The number of hydrogen-bond donors (Lipinski definition) is 2. The predicted octanol–water partition coefficient (Wildman–Crippen LogP) is 3.22. The first-order valence-electron chi connectivity index (χ1n) is 8.50. The highest BCUT2D eigenvalue weighted by atomic mass is 32.2. The zero-order valence-corrected chi connectivity index (χ0v) is 16.5. The fraction of sp³-hybridized carbons (Fsp3) is 0.211. The molecule has 0 saturated carbocycles. The first-order chi connectivity index (χ1) is 13.7. The molecule has 0 aliphatic rings. The number of nitro groups is 1. The van der Waals surface area contributed by atoms with Crippen molar-refractivity contribution in [3.63, 3.8) is 0 Å². The maximum atomic E-state index is 12.2. The summed E-state index contributed by atoms with van der Waals surface area (Å²) in [5, 5.41) is 15.9. The summed E-state index contributed by atoms with van der Waals surface area (Å²) in [5.41, 5.74) is 1.05. The molecule has 1 atom stereocenters. The number of benzene rings is 2. The zero-order valence-electron chi connectivity index (χ0n) is 15.7. The minimum absolute atomic E-state index is 0.0349. The lowest BCUT2D eigenvalue weighted by atomic mass is 10.2. The largest absolute Gasteiger partial charge is 0.452 e. The molecule has 2 amide bonds. The van der Waals surface area contributed by atoms with Crippen molar-refractivity contribution in [3.05, 3.63) is 58.6 Å². The number of amides is 2. The van der Waals surface area contributed by atoms with Gasteiger partial charge in [-0.3, -0.25) is 24.5 Å². The molecule has 2 aromatic carbocycles. The number of esters is 1. The summed E-state index contributed by atoms with van der Waals surface area (Å²) in [6.07, 6.45) is -1.00. The number of nitrogens with zero attached hydrogens (tertiary/aromatic N) is 1. The number of hydrogen-bond acceptors (Lipinski definition) is 7. The number of ether oxygens (including phenoxy) is 1. The number of rotatable bonds is 8. The van der Waals surface area contributed by atoms with Crippen LogP contribution in [-0.2, 0) is 19.1 Å². The van der Waals surface area contributed by atoms with E-state index < -0.39 is 22.9 Å². The molecule has 29 heavy (non-hydrogen) atoms. The topological polar surface area (TPSA) is 128 Å². The van der Waals surface area contributed by atoms with E-state index >= 15 is 0 Å². The van der Waals surface area contributed by atoms with Crippen LogP contribution in [0.3, 0.4) is 0 Å². The van der Waals surface area contributed by atoms with Gasteiger partial charge in [-0.2, -0.15) is 0 Å². The van der Waals surface area contributed by atoms with E-state index in [1.165, 1.54) is 38.1 Å². The Bertz CT molecular complexity index is 899. The average Bonchev–Trinajstić information content (AvgIpc) is 2.67. The standard InChI is InChI=1S/C19H19N3O6S/c1-12(19(25)21-15-5-3-14(4-6-15)20-13(2)23)28-18(24)11-29-17-9-7-16(8-10-17)22(26)27/h3-10,12H,11H2,1-2H3,(H,20,23)(H,21,25)/t12-/m1/s1. The fourth-order valence-electron chi connectivity index (χ4n) is 2.18. The molecule has 0 unspecified atom stereocenters. The lowest BCUT2D eigenvalue weighted by Gasteiger charge is -2.14. The third-order valence-corrected chi connectivity index (χ3v) is 4.54. The Balaban J connectivity index is 1.79. The second kappa shape index (κ2) is 10.2. The first kappa shape index (κ1) is 21.9. The number of non-ortho nitro benzene ring substituents is 1. The number of carbonyl (C=O) groups is 3. The van der Waals surface area contributed by atoms with E-state index in [0.29, 0.717) is 16.3 Å². The Hall–Kier alpha value is -3.40. The van der Waals surface area contributed by atoms with Gasteiger partial charge in [0.15, 0.2) is 6.10 Å². The van der Waals surface area contributed by atoms with Crippen LogP contribution in [-0.4, -0.2) is 34.6 Å². The third-order valence-electron chi connectivity index (χ3n) is 3.55. The van der Waals surface area contributed by atoms with Crippen LogP contribution in [0.5, 0.6) is 0 Å². The van der Waals surface area contributed by atoms with Gasteiger partial charge in [0.2, 0.25) is 5.91 Å². The van der Waals surface area contributed by atoms with Gasteiger partial charge in [0, 0.05) is 35.3 Å². The van der Waals surface area contributed by atoms with Crippen molar-refractivity contribution in [3.8, 4) is 0 Å². The lowest BCUT2D eigenvalue weighted by Crippen LogP contribution is -2.30. The van der Waals surface area contributed by atoms with Crippen molar-refractivity contribution < 1.29 is 24.0 Å². The van der Waals surface area contributed by atoms with Crippen molar-refractivity contribution in [1.82, 2.24) is 0 Å². The molecule has 0 bridgehead atoms. The zero-order chi connectivity index (χ0) is 21.4. The molecule has 9 nitrogen and oxygen atoms in total. The van der Waals surface area contributed by atoms with Gasteiger partial charge in [-0.05, 0) is 43.3 Å². The van der Waals surface area contributed by atoms with Crippen LogP contribution in [0.4, 0.5) is 17.1 Å². The Morgan fingerprint density at radius 3 is 2.10 bits per heavy atom. The number of carbonyl (C=O) groups excluding carboxylic acids is 3. The maximum Gasteiger partial charge on any atom is 0.317 e. The summed E-state index contributed by atoms with van der Waals surface area (Å²) in [5.74, 6) is -1.32. The van der Waals surface area contributed by atoms with Crippen molar-refractivity contribution in [2.75, 3.05) is 16.4 Å². The normalized spacial score (nSPS) is 11.2. The van der Waals surface area contributed by atoms with Crippen LogP contribution in [0.25, 0.3) is 0 Å². The van der Waals surface area contributed by atoms with Crippen LogP contribution in [0.1, 0.15) is 13.8 Å². The average molecular weight is 417 g/mol. The molecule has 2 N–H and O–H groups in total. The Kier molecular flexibility index (Phi) is 7.72. The van der Waals surface area contributed by atoms with Crippen LogP contribution in [0, 0.1) is 10.1 Å². The number of nitro benzene ring substituents is 1. The summed E-state index contributed by atoms with van der Waals surface area (Å²) >= 11 is 1.15. The van der Waals surface area contributed by atoms with Gasteiger partial charge in [0.05, 0.1) is 10.7 Å². The summed E-state index contributed by atoms with van der Waals surface area (Å²) in [4.78, 5) is 45.9. The molecule has 2 aromatic rings. The minimum atomic E-state index is -1.00. The van der Waals surface area contributed by atoms with E-state index in [1.54, 1.807) is 24.3 Å². The Morgan fingerprint density at radius 2 is 1.59 bits per heavy atom. The molecule has 0 saturated heterocycles. The van der Waals surface area contributed by atoms with E-state index in [4.69, 9.17) is 4.74 Å². The summed E-state index contributed by atoms with van der Waals surface area (Å²) in [7, 11) is 0. The van der Waals surface area contributed by atoms with Gasteiger partial charge in [-0.1, -0.05) is 0 Å². The molecular formula is C19H19N3O6S. The van der Waals surface area contributed by atoms with E-state index in [9.17, 15) is 24.5 Å². The van der Waals surface area contributed by atoms with Gasteiger partial charge < -0.3 is 15.4 Å². The minimum Gasteiger partial charge on any atom is -0.452 e. The quantitative estimate of drug-likeness (QED) is 0.292. The fourth-order valence-corrected chi connectivity index (χ4v) is 2.86. The second-order valence-corrected chi connectivity index (χ2v) is 6.97. The summed E-state index contributed by atoms with van der Waals surface area (Å²) in [6.45, 7) is 2.85. The van der Waals surface area contributed by atoms with Crippen LogP contribution in [0.2, 0.25) is 0 Å². The third kappa shape index (κ3) is 7.26. The van der Waals surface area contributed by atoms with Crippen molar-refractivity contribution in [2.45, 2.75) is 24.8 Å². The molecule has 2 rings (SSSR count). The van der Waals surface area contributed by atoms with E-state index in [1.807, 2.05) is 0 Å². The Morgan fingerprint density at radius 1 is 1.03 bits per heavy atom. The summed E-state index contributed by atoms with van der Waals surface area (Å²) in [6, 6.07) is 12.3. The SMILES string of the molecule is CC(=O)Nc1ccc(NC(=O)[C@@H](C)OC(=O)CSc2ccc([N+](=O)[O-])cc2)cc1. The van der Waals surface area contributed by atoms with Crippen molar-refractivity contribution >= 4 is 46.6 Å². The van der Waals surface area contributed by atoms with Crippen LogP contribution < -0.4 is 10.6 Å². The predicted molar refractivity (Wildman–Crippen MR) is 109 cm³/mol. The number of thioether (sulfide) groups is 1. The lowest BCUT2D eigenvalue weighted by molar-refractivity contribution is -0.384. The van der Waals surface area contributed by atoms with Crippen LogP contribution >= 0.6 is 11.8 Å². The van der Waals surface area contributed by atoms with Gasteiger partial charge in [-0.25, -0.2) is 0 Å². The molecule has 0 radical (unpaired) electrons. The Labute approximate surface area is 171 Å². The molecule has 152 valence electrons. The molecule has 0 aliphatic heterocycles. The van der Waals surface area contributed by atoms with Crippen molar-refractivity contribution in [2.24, 2.45) is 0 Å². The molecule has 0 spiro atoms.